The van der Waals surface area contributed by atoms with Gasteiger partial charge in [0.05, 0.1) is 6.54 Å². The Morgan fingerprint density at radius 3 is 2.53 bits per heavy atom. The third-order valence-corrected chi connectivity index (χ3v) is 3.19. The van der Waals surface area contributed by atoms with Crippen molar-refractivity contribution in [1.29, 1.82) is 0 Å². The molecule has 0 aromatic carbocycles. The van der Waals surface area contributed by atoms with Gasteiger partial charge in [0.2, 0.25) is 5.91 Å². The SMILES string of the molecule is Cl.O=C(CN1CCCCC1C(=O)O)NC1CC1. The average Bonchev–Trinajstić information content (AvgIpc) is 3.02. The molecule has 0 aromatic rings. The maximum Gasteiger partial charge on any atom is 0.320 e. The van der Waals surface area contributed by atoms with Crippen LogP contribution in [-0.4, -0.2) is 47.1 Å². The standard InChI is InChI=1S/C11H18N2O3.ClH/c14-10(12-8-4-5-8)7-13-6-2-1-3-9(13)11(15)16;/h8-9H,1-7H2,(H,12,14)(H,15,16);1H. The molecule has 0 bridgehead atoms. The maximum absolute atomic E-state index is 11.6. The molecule has 17 heavy (non-hydrogen) atoms. The predicted molar refractivity (Wildman–Crippen MR) is 65.3 cm³/mol. The Bertz CT molecular complexity index is 294. The van der Waals surface area contributed by atoms with E-state index < -0.39 is 12.0 Å². The zero-order valence-electron chi connectivity index (χ0n) is 9.72. The number of carbonyl (C=O) groups excluding carboxylic acids is 1. The Morgan fingerprint density at radius 2 is 1.94 bits per heavy atom. The number of nitrogens with zero attached hydrogens (tertiary/aromatic N) is 1. The van der Waals surface area contributed by atoms with Crippen molar-refractivity contribution in [3.05, 3.63) is 0 Å². The van der Waals surface area contributed by atoms with Crippen molar-refractivity contribution in [2.75, 3.05) is 13.1 Å². The van der Waals surface area contributed by atoms with Gasteiger partial charge < -0.3 is 10.4 Å². The van der Waals surface area contributed by atoms with Gasteiger partial charge >= 0.3 is 5.97 Å². The van der Waals surface area contributed by atoms with Gasteiger partial charge in [0.1, 0.15) is 6.04 Å². The average molecular weight is 263 g/mol. The van der Waals surface area contributed by atoms with Gasteiger partial charge in [-0.15, -0.1) is 12.4 Å². The second-order valence-electron chi connectivity index (χ2n) is 4.66. The van der Waals surface area contributed by atoms with Gasteiger partial charge in [0.25, 0.3) is 0 Å². The molecule has 6 heteroatoms. The van der Waals surface area contributed by atoms with Crippen molar-refractivity contribution in [1.82, 2.24) is 10.2 Å². The Hall–Kier alpha value is -0.810. The van der Waals surface area contributed by atoms with Crippen molar-refractivity contribution in [3.63, 3.8) is 0 Å². The van der Waals surface area contributed by atoms with Crippen molar-refractivity contribution in [2.24, 2.45) is 0 Å². The number of carboxylic acid groups (broad SMARTS) is 1. The van der Waals surface area contributed by atoms with Crippen LogP contribution in [0.25, 0.3) is 0 Å². The molecule has 5 nitrogen and oxygen atoms in total. The number of aliphatic carboxylic acids is 1. The molecule has 1 aliphatic heterocycles. The molecule has 2 fully saturated rings. The first-order chi connectivity index (χ1) is 7.66. The van der Waals surface area contributed by atoms with Gasteiger partial charge in [-0.05, 0) is 32.2 Å². The van der Waals surface area contributed by atoms with Crippen LogP contribution in [0.1, 0.15) is 32.1 Å². The predicted octanol–water partition coefficient (Wildman–Crippen LogP) is 0.626. The third-order valence-electron chi connectivity index (χ3n) is 3.19. The Kier molecular flexibility index (Phi) is 5.21. The Labute approximate surface area is 107 Å². The molecule has 2 N–H and O–H groups in total. The summed E-state index contributed by atoms with van der Waals surface area (Å²) in [5.74, 6) is -0.838. The van der Waals surface area contributed by atoms with Gasteiger partial charge in [-0.3, -0.25) is 14.5 Å². The minimum atomic E-state index is -0.807. The second kappa shape index (κ2) is 6.21. The van der Waals surface area contributed by atoms with E-state index in [1.54, 1.807) is 4.90 Å². The first-order valence-corrected chi connectivity index (χ1v) is 5.93. The number of halogens is 1. The van der Waals surface area contributed by atoms with E-state index in [1.165, 1.54) is 0 Å². The lowest BCUT2D eigenvalue weighted by Gasteiger charge is -2.32. The van der Waals surface area contributed by atoms with Gasteiger partial charge in [0, 0.05) is 6.04 Å². The largest absolute Gasteiger partial charge is 0.480 e. The van der Waals surface area contributed by atoms with Crippen LogP contribution in [0.5, 0.6) is 0 Å². The van der Waals surface area contributed by atoms with E-state index in [0.717, 1.165) is 32.2 Å². The number of hydrogen-bond donors (Lipinski definition) is 2. The number of amides is 1. The van der Waals surface area contributed by atoms with Crippen LogP contribution in [0.3, 0.4) is 0 Å². The minimum Gasteiger partial charge on any atom is -0.480 e. The number of likely N-dealkylation sites (tertiary alicyclic amines) is 1. The second-order valence-corrected chi connectivity index (χ2v) is 4.66. The monoisotopic (exact) mass is 262 g/mol. The fourth-order valence-electron chi connectivity index (χ4n) is 2.15. The van der Waals surface area contributed by atoms with Crippen LogP contribution < -0.4 is 5.32 Å². The van der Waals surface area contributed by atoms with Crippen molar-refractivity contribution in [2.45, 2.75) is 44.2 Å². The molecule has 0 spiro atoms. The van der Waals surface area contributed by atoms with Gasteiger partial charge in [-0.25, -0.2) is 0 Å². The van der Waals surface area contributed by atoms with E-state index in [-0.39, 0.29) is 24.9 Å². The number of rotatable bonds is 4. The van der Waals surface area contributed by atoms with Crippen molar-refractivity contribution < 1.29 is 14.7 Å². The molecule has 1 amide bonds. The number of hydrogen-bond acceptors (Lipinski definition) is 3. The quantitative estimate of drug-likeness (QED) is 0.780. The highest BCUT2D eigenvalue weighted by Gasteiger charge is 2.31. The van der Waals surface area contributed by atoms with E-state index >= 15 is 0 Å². The van der Waals surface area contributed by atoms with E-state index in [0.29, 0.717) is 12.5 Å². The van der Waals surface area contributed by atoms with E-state index in [1.807, 2.05) is 0 Å². The topological polar surface area (TPSA) is 69.6 Å². The normalized spacial score (nSPS) is 24.8. The highest BCUT2D eigenvalue weighted by molar-refractivity contribution is 5.85. The molecular weight excluding hydrogens is 244 g/mol. The molecule has 1 saturated carbocycles. The fraction of sp³-hybridized carbons (Fsp3) is 0.818. The molecule has 1 heterocycles. The lowest BCUT2D eigenvalue weighted by molar-refractivity contribution is -0.145. The summed E-state index contributed by atoms with van der Waals surface area (Å²) in [6.07, 6.45) is 4.71. The molecule has 0 aromatic heterocycles. The number of carbonyl (C=O) groups is 2. The smallest absolute Gasteiger partial charge is 0.320 e. The summed E-state index contributed by atoms with van der Waals surface area (Å²) in [5.41, 5.74) is 0. The zero-order chi connectivity index (χ0) is 11.5. The molecule has 98 valence electrons. The third kappa shape index (κ3) is 4.16. The van der Waals surface area contributed by atoms with Crippen LogP contribution in [0, 0.1) is 0 Å². The van der Waals surface area contributed by atoms with E-state index in [9.17, 15) is 9.59 Å². The van der Waals surface area contributed by atoms with Crippen LogP contribution in [0.4, 0.5) is 0 Å². The molecule has 1 aliphatic carbocycles. The summed E-state index contributed by atoms with van der Waals surface area (Å²) in [5, 5.41) is 11.9. The van der Waals surface area contributed by atoms with Crippen LogP contribution in [0.15, 0.2) is 0 Å². The highest BCUT2D eigenvalue weighted by Crippen LogP contribution is 2.19. The first-order valence-electron chi connectivity index (χ1n) is 5.93. The van der Waals surface area contributed by atoms with Gasteiger partial charge in [-0.1, -0.05) is 6.42 Å². The molecule has 1 atom stereocenters. The fourth-order valence-corrected chi connectivity index (χ4v) is 2.15. The number of piperidine rings is 1. The molecular formula is C11H19ClN2O3. The van der Waals surface area contributed by atoms with Crippen LogP contribution in [-0.2, 0) is 9.59 Å². The summed E-state index contributed by atoms with van der Waals surface area (Å²) in [6.45, 7) is 0.947. The van der Waals surface area contributed by atoms with E-state index in [4.69, 9.17) is 5.11 Å². The molecule has 2 aliphatic rings. The first kappa shape index (κ1) is 14.3. The summed E-state index contributed by atoms with van der Waals surface area (Å²) < 4.78 is 0. The lowest BCUT2D eigenvalue weighted by atomic mass is 10.0. The van der Waals surface area contributed by atoms with Crippen molar-refractivity contribution in [3.8, 4) is 0 Å². The van der Waals surface area contributed by atoms with E-state index in [2.05, 4.69) is 5.32 Å². The van der Waals surface area contributed by atoms with Crippen molar-refractivity contribution >= 4 is 24.3 Å². The highest BCUT2D eigenvalue weighted by atomic mass is 35.5. The summed E-state index contributed by atoms with van der Waals surface area (Å²) in [7, 11) is 0. The minimum absolute atomic E-state index is 0. The van der Waals surface area contributed by atoms with Crippen LogP contribution in [0.2, 0.25) is 0 Å². The Balaban J connectivity index is 0.00000144. The zero-order valence-corrected chi connectivity index (χ0v) is 10.5. The molecule has 1 saturated heterocycles. The van der Waals surface area contributed by atoms with Gasteiger partial charge in [-0.2, -0.15) is 0 Å². The number of carboxylic acids is 1. The van der Waals surface area contributed by atoms with Gasteiger partial charge in [0.15, 0.2) is 0 Å². The molecule has 1 unspecified atom stereocenters. The summed E-state index contributed by atoms with van der Waals surface area (Å²) in [4.78, 5) is 24.4. The molecule has 0 radical (unpaired) electrons. The summed E-state index contributed by atoms with van der Waals surface area (Å²) >= 11 is 0. The lowest BCUT2D eigenvalue weighted by Crippen LogP contribution is -2.49. The number of nitrogens with one attached hydrogen (secondary N) is 1. The maximum atomic E-state index is 11.6. The summed E-state index contributed by atoms with van der Waals surface area (Å²) in [6, 6.07) is -0.126. The molecule has 2 rings (SSSR count). The van der Waals surface area contributed by atoms with Crippen LogP contribution >= 0.6 is 12.4 Å². The Morgan fingerprint density at radius 1 is 1.24 bits per heavy atom.